The van der Waals surface area contributed by atoms with Crippen LogP contribution in [0.2, 0.25) is 0 Å². The van der Waals surface area contributed by atoms with Gasteiger partial charge in [-0.25, -0.2) is 0 Å². The Balaban J connectivity index is 4.16. The van der Waals surface area contributed by atoms with Gasteiger partial charge in [0.2, 0.25) is 0 Å². The summed E-state index contributed by atoms with van der Waals surface area (Å²) in [6.45, 7) is 3.78. The van der Waals surface area contributed by atoms with Crippen LogP contribution in [0.4, 0.5) is 0 Å². The molecular weight excluding hydrogens is 144 g/mol. The highest BCUT2D eigenvalue weighted by atomic mass is 32.1. The Morgan fingerprint density at radius 3 is 2.50 bits per heavy atom. The minimum absolute atomic E-state index is 0.697. The summed E-state index contributed by atoms with van der Waals surface area (Å²) in [5.74, 6) is 0. The van der Waals surface area contributed by atoms with E-state index in [2.05, 4.69) is 22.6 Å². The standard InChI is InChI=1S/C7H12N2S/c1-4-9-6(2)5-7(10)8-3/h4-5H,1-3H3,(H,8,10)/b6-5-,9-4+. The maximum Gasteiger partial charge on any atom is 0.0888 e. The van der Waals surface area contributed by atoms with E-state index >= 15 is 0 Å². The number of hydrogen-bond donors (Lipinski definition) is 1. The van der Waals surface area contributed by atoms with Crippen molar-refractivity contribution in [1.82, 2.24) is 0 Å². The van der Waals surface area contributed by atoms with Gasteiger partial charge in [0, 0.05) is 19.0 Å². The molecule has 0 aliphatic rings. The summed E-state index contributed by atoms with van der Waals surface area (Å²) in [6.07, 6.45) is 3.55. The van der Waals surface area contributed by atoms with E-state index in [1.54, 1.807) is 13.3 Å². The maximum atomic E-state index is 4.06. The van der Waals surface area contributed by atoms with E-state index in [-0.39, 0.29) is 0 Å². The van der Waals surface area contributed by atoms with Crippen LogP contribution in [0, 0.1) is 0 Å². The zero-order chi connectivity index (χ0) is 7.98. The molecule has 3 heteroatoms. The number of allylic oxidation sites excluding steroid dienone is 1. The molecule has 0 saturated carbocycles. The second kappa shape index (κ2) is 5.23. The van der Waals surface area contributed by atoms with Crippen LogP contribution in [0.15, 0.2) is 21.8 Å². The molecule has 0 spiro atoms. The predicted octanol–water partition coefficient (Wildman–Crippen LogP) is 1.94. The zero-order valence-corrected chi connectivity index (χ0v) is 7.39. The second-order valence-corrected chi connectivity index (χ2v) is 2.21. The van der Waals surface area contributed by atoms with Crippen LogP contribution in [0.1, 0.15) is 13.8 Å². The molecule has 0 saturated heterocycles. The van der Waals surface area contributed by atoms with Gasteiger partial charge in [-0.1, -0.05) is 0 Å². The van der Waals surface area contributed by atoms with Crippen molar-refractivity contribution < 1.29 is 0 Å². The molecule has 56 valence electrons. The van der Waals surface area contributed by atoms with E-state index in [9.17, 15) is 0 Å². The molecule has 0 rings (SSSR count). The van der Waals surface area contributed by atoms with E-state index in [4.69, 9.17) is 0 Å². The highest BCUT2D eigenvalue weighted by Crippen LogP contribution is 1.96. The third-order valence-corrected chi connectivity index (χ3v) is 1.23. The lowest BCUT2D eigenvalue weighted by Gasteiger charge is -1.89. The highest BCUT2D eigenvalue weighted by Gasteiger charge is 1.84. The first-order valence-corrected chi connectivity index (χ1v) is 3.48. The van der Waals surface area contributed by atoms with Gasteiger partial charge in [-0.05, 0) is 19.9 Å². The fourth-order valence-corrected chi connectivity index (χ4v) is 0.679. The molecule has 0 fully saturated rings. The normalized spacial score (nSPS) is 14.8. The molecule has 0 aromatic rings. The fraction of sp³-hybridized carbons (Fsp3) is 0.429. The Kier molecular flexibility index (Phi) is 4.94. The summed E-state index contributed by atoms with van der Waals surface area (Å²) < 4.78 is 0. The number of thiol groups is 1. The van der Waals surface area contributed by atoms with Gasteiger partial charge in [-0.2, -0.15) is 0 Å². The molecular formula is C7H12N2S. The Bertz CT molecular complexity index is 180. The first-order chi connectivity index (χ1) is 4.70. The molecule has 0 aliphatic carbocycles. The smallest absolute Gasteiger partial charge is 0.0888 e. The van der Waals surface area contributed by atoms with Crippen molar-refractivity contribution in [3.63, 3.8) is 0 Å². The molecule has 0 radical (unpaired) electrons. The molecule has 2 nitrogen and oxygen atoms in total. The predicted molar refractivity (Wildman–Crippen MR) is 50.3 cm³/mol. The Hall–Kier alpha value is -0.570. The lowest BCUT2D eigenvalue weighted by Crippen LogP contribution is -1.81. The Labute approximate surface area is 67.2 Å². The van der Waals surface area contributed by atoms with E-state index < -0.39 is 0 Å². The van der Waals surface area contributed by atoms with Crippen LogP contribution in [-0.2, 0) is 0 Å². The zero-order valence-electron chi connectivity index (χ0n) is 6.50. The molecule has 0 N–H and O–H groups in total. The monoisotopic (exact) mass is 156 g/mol. The van der Waals surface area contributed by atoms with Crippen LogP contribution in [0.3, 0.4) is 0 Å². The van der Waals surface area contributed by atoms with Crippen molar-refractivity contribution in [2.45, 2.75) is 13.8 Å². The van der Waals surface area contributed by atoms with Gasteiger partial charge in [0.05, 0.1) is 5.04 Å². The van der Waals surface area contributed by atoms with Gasteiger partial charge in [0.25, 0.3) is 0 Å². The van der Waals surface area contributed by atoms with Crippen molar-refractivity contribution in [3.05, 3.63) is 11.8 Å². The molecule has 10 heavy (non-hydrogen) atoms. The summed E-state index contributed by atoms with van der Waals surface area (Å²) in [4.78, 5) is 7.86. The molecule has 0 unspecified atom stereocenters. The van der Waals surface area contributed by atoms with Gasteiger partial charge in [0.1, 0.15) is 0 Å². The summed E-state index contributed by atoms with van der Waals surface area (Å²) in [6, 6.07) is 0. The van der Waals surface area contributed by atoms with Crippen LogP contribution >= 0.6 is 12.6 Å². The van der Waals surface area contributed by atoms with Crippen LogP contribution in [-0.4, -0.2) is 18.3 Å². The molecule has 0 bridgehead atoms. The van der Waals surface area contributed by atoms with Gasteiger partial charge in [-0.15, -0.1) is 12.6 Å². The van der Waals surface area contributed by atoms with Crippen LogP contribution in [0.25, 0.3) is 0 Å². The van der Waals surface area contributed by atoms with Crippen molar-refractivity contribution in [1.29, 1.82) is 0 Å². The van der Waals surface area contributed by atoms with Gasteiger partial charge < -0.3 is 0 Å². The van der Waals surface area contributed by atoms with E-state index in [0.29, 0.717) is 5.04 Å². The molecule has 0 heterocycles. The summed E-state index contributed by atoms with van der Waals surface area (Å²) in [7, 11) is 1.70. The molecule has 0 amide bonds. The number of hydrogen-bond acceptors (Lipinski definition) is 2. The fourth-order valence-electron chi connectivity index (χ4n) is 0.492. The molecule has 0 atom stereocenters. The minimum atomic E-state index is 0.697. The lowest BCUT2D eigenvalue weighted by molar-refractivity contribution is 1.32. The topological polar surface area (TPSA) is 24.7 Å². The molecule has 0 aliphatic heterocycles. The number of rotatable bonds is 2. The second-order valence-electron chi connectivity index (χ2n) is 1.75. The summed E-state index contributed by atoms with van der Waals surface area (Å²) in [5, 5.41) is 0.697. The van der Waals surface area contributed by atoms with Crippen molar-refractivity contribution >= 4 is 23.9 Å². The third-order valence-electron chi connectivity index (χ3n) is 0.900. The lowest BCUT2D eigenvalue weighted by atomic mass is 10.4. The van der Waals surface area contributed by atoms with Crippen molar-refractivity contribution in [2.75, 3.05) is 7.05 Å². The summed E-state index contributed by atoms with van der Waals surface area (Å²) in [5.41, 5.74) is 0.915. The van der Waals surface area contributed by atoms with E-state index in [1.165, 1.54) is 0 Å². The largest absolute Gasteiger partial charge is 0.282 e. The summed E-state index contributed by atoms with van der Waals surface area (Å²) >= 11 is 4.06. The van der Waals surface area contributed by atoms with Crippen molar-refractivity contribution in [2.24, 2.45) is 9.98 Å². The minimum Gasteiger partial charge on any atom is -0.282 e. The first kappa shape index (κ1) is 9.43. The number of aliphatic imine (C=N–C) groups is 2. The van der Waals surface area contributed by atoms with Crippen LogP contribution in [0.5, 0.6) is 0 Å². The van der Waals surface area contributed by atoms with Crippen LogP contribution < -0.4 is 0 Å². The molecule has 0 aromatic heterocycles. The van der Waals surface area contributed by atoms with Gasteiger partial charge in [-0.3, -0.25) is 9.98 Å². The first-order valence-electron chi connectivity index (χ1n) is 3.03. The average molecular weight is 156 g/mol. The Morgan fingerprint density at radius 2 is 2.10 bits per heavy atom. The van der Waals surface area contributed by atoms with Gasteiger partial charge in [0.15, 0.2) is 0 Å². The third kappa shape index (κ3) is 4.32. The SMILES string of the molecule is C/C=N/C(C)=C\C(S)=N/C. The maximum absolute atomic E-state index is 4.06. The average Bonchev–Trinajstić information content (AvgIpc) is 1.88. The highest BCUT2D eigenvalue weighted by molar-refractivity contribution is 7.97. The van der Waals surface area contributed by atoms with Crippen molar-refractivity contribution in [3.8, 4) is 0 Å². The number of nitrogens with zero attached hydrogens (tertiary/aromatic N) is 2. The molecule has 0 aromatic carbocycles. The quantitative estimate of drug-likeness (QED) is 0.359. The van der Waals surface area contributed by atoms with E-state index in [1.807, 2.05) is 19.9 Å². The van der Waals surface area contributed by atoms with Gasteiger partial charge >= 0.3 is 0 Å². The Morgan fingerprint density at radius 1 is 1.50 bits per heavy atom. The van der Waals surface area contributed by atoms with E-state index in [0.717, 1.165) is 5.70 Å².